The van der Waals surface area contributed by atoms with Crippen molar-refractivity contribution in [1.29, 1.82) is 0 Å². The van der Waals surface area contributed by atoms with Gasteiger partial charge in [0.25, 0.3) is 5.88 Å². The number of para-hydroxylation sites is 1. The zero-order valence-electron chi connectivity index (χ0n) is 15.5. The lowest BCUT2D eigenvalue weighted by Gasteiger charge is -2.36. The van der Waals surface area contributed by atoms with Gasteiger partial charge in [-0.15, -0.1) is 0 Å². The first-order chi connectivity index (χ1) is 13.7. The second-order valence-electron chi connectivity index (χ2n) is 7.44. The van der Waals surface area contributed by atoms with Gasteiger partial charge in [0.1, 0.15) is 6.10 Å². The number of fused-ring (bicyclic) bond motifs is 1. The molecular formula is C20H23N5O2S. The van der Waals surface area contributed by atoms with Crippen molar-refractivity contribution in [3.8, 4) is 5.88 Å². The molecule has 1 aromatic carbocycles. The van der Waals surface area contributed by atoms with Crippen LogP contribution < -0.4 is 15.0 Å². The molecule has 146 valence electrons. The lowest BCUT2D eigenvalue weighted by atomic mass is 9.89. The zero-order chi connectivity index (χ0) is 18.9. The molecule has 0 amide bonds. The van der Waals surface area contributed by atoms with Crippen LogP contribution in [0.2, 0.25) is 0 Å². The number of nitrogens with one attached hydrogen (secondary N) is 1. The summed E-state index contributed by atoms with van der Waals surface area (Å²) >= 11 is 1.69. The molecule has 0 radical (unpaired) electrons. The Morgan fingerprint density at radius 1 is 1.11 bits per heavy atom. The summed E-state index contributed by atoms with van der Waals surface area (Å²) in [7, 11) is 0. The van der Waals surface area contributed by atoms with E-state index in [1.54, 1.807) is 23.7 Å². The molecule has 1 aliphatic carbocycles. The fraction of sp³-hybridized carbons (Fsp3) is 0.450. The van der Waals surface area contributed by atoms with Crippen LogP contribution in [-0.2, 0) is 0 Å². The molecule has 0 spiro atoms. The third kappa shape index (κ3) is 3.62. The van der Waals surface area contributed by atoms with E-state index in [1.165, 1.54) is 4.70 Å². The summed E-state index contributed by atoms with van der Waals surface area (Å²) < 4.78 is 7.36. The van der Waals surface area contributed by atoms with E-state index in [1.807, 2.05) is 18.2 Å². The summed E-state index contributed by atoms with van der Waals surface area (Å²) in [6, 6.07) is 8.56. The molecule has 3 aromatic rings. The molecule has 1 aliphatic heterocycles. The Kier molecular flexibility index (Phi) is 4.74. The number of nitrogens with zero attached hydrogens (tertiary/aromatic N) is 4. The van der Waals surface area contributed by atoms with Gasteiger partial charge in [0, 0.05) is 44.4 Å². The Morgan fingerprint density at radius 3 is 2.71 bits per heavy atom. The van der Waals surface area contributed by atoms with Crippen molar-refractivity contribution in [2.24, 2.45) is 0 Å². The largest absolute Gasteiger partial charge is 0.472 e. The molecule has 28 heavy (non-hydrogen) atoms. The normalized spacial score (nSPS) is 22.8. The molecule has 2 aliphatic rings. The third-order valence-electron chi connectivity index (χ3n) is 5.41. The Morgan fingerprint density at radius 2 is 1.89 bits per heavy atom. The zero-order valence-corrected chi connectivity index (χ0v) is 16.3. The number of aromatic nitrogens is 3. The highest BCUT2D eigenvalue weighted by Crippen LogP contribution is 2.34. The van der Waals surface area contributed by atoms with Crippen LogP contribution in [0.4, 0.5) is 10.9 Å². The molecule has 2 aromatic heterocycles. The predicted molar refractivity (Wildman–Crippen MR) is 110 cm³/mol. The van der Waals surface area contributed by atoms with Gasteiger partial charge in [-0.2, -0.15) is 0 Å². The van der Waals surface area contributed by atoms with Crippen LogP contribution in [0.3, 0.4) is 0 Å². The van der Waals surface area contributed by atoms with Gasteiger partial charge in [-0.3, -0.25) is 0 Å². The number of thiazole rings is 1. The average Bonchev–Trinajstić information content (AvgIpc) is 3.10. The molecule has 0 atom stereocenters. The Labute approximate surface area is 167 Å². The molecule has 1 saturated carbocycles. The minimum atomic E-state index is -0.210. The van der Waals surface area contributed by atoms with E-state index in [0.29, 0.717) is 11.9 Å². The van der Waals surface area contributed by atoms with Gasteiger partial charge >= 0.3 is 0 Å². The van der Waals surface area contributed by atoms with Crippen LogP contribution in [0.1, 0.15) is 25.7 Å². The summed E-state index contributed by atoms with van der Waals surface area (Å²) in [6.45, 7) is 1.56. The fourth-order valence-corrected chi connectivity index (χ4v) is 4.68. The number of piperidine rings is 1. The van der Waals surface area contributed by atoms with Crippen LogP contribution in [0, 0.1) is 0 Å². The van der Waals surface area contributed by atoms with E-state index in [0.717, 1.165) is 55.2 Å². The smallest absolute Gasteiger partial charge is 0.257 e. The van der Waals surface area contributed by atoms with Crippen molar-refractivity contribution >= 4 is 32.5 Å². The minimum Gasteiger partial charge on any atom is -0.472 e. The highest BCUT2D eigenvalue weighted by Gasteiger charge is 2.33. The van der Waals surface area contributed by atoms with E-state index in [4.69, 9.17) is 4.74 Å². The van der Waals surface area contributed by atoms with E-state index in [-0.39, 0.29) is 12.2 Å². The van der Waals surface area contributed by atoms with Gasteiger partial charge in [-0.25, -0.2) is 15.0 Å². The van der Waals surface area contributed by atoms with E-state index in [2.05, 4.69) is 31.2 Å². The average molecular weight is 398 g/mol. The quantitative estimate of drug-likeness (QED) is 0.684. The van der Waals surface area contributed by atoms with Crippen molar-refractivity contribution < 1.29 is 9.84 Å². The number of rotatable bonds is 5. The molecule has 0 unspecified atom stereocenters. The first-order valence-corrected chi connectivity index (χ1v) is 10.6. The lowest BCUT2D eigenvalue weighted by Crippen LogP contribution is -2.43. The molecule has 3 heterocycles. The van der Waals surface area contributed by atoms with Crippen LogP contribution in [0.15, 0.2) is 36.7 Å². The van der Waals surface area contributed by atoms with E-state index < -0.39 is 0 Å². The Bertz CT molecular complexity index is 917. The van der Waals surface area contributed by atoms with Crippen LogP contribution >= 0.6 is 11.3 Å². The summed E-state index contributed by atoms with van der Waals surface area (Å²) in [5, 5.41) is 14.2. The van der Waals surface area contributed by atoms with Crippen molar-refractivity contribution in [2.45, 2.75) is 43.9 Å². The number of aliphatic hydroxyl groups excluding tert-OH is 1. The number of ether oxygens (including phenoxy) is 1. The number of hydrogen-bond donors (Lipinski definition) is 2. The van der Waals surface area contributed by atoms with Gasteiger partial charge in [-0.05, 0) is 25.0 Å². The van der Waals surface area contributed by atoms with Crippen molar-refractivity contribution in [3.05, 3.63) is 36.7 Å². The number of aliphatic hydroxyl groups is 1. The predicted octanol–water partition coefficient (Wildman–Crippen LogP) is 3.07. The van der Waals surface area contributed by atoms with Crippen molar-refractivity contribution in [3.63, 3.8) is 0 Å². The Balaban J connectivity index is 1.18. The fourth-order valence-electron chi connectivity index (χ4n) is 3.74. The van der Waals surface area contributed by atoms with E-state index in [9.17, 15) is 5.11 Å². The molecule has 7 nitrogen and oxygen atoms in total. The maximum Gasteiger partial charge on any atom is 0.257 e. The van der Waals surface area contributed by atoms with Gasteiger partial charge in [-0.1, -0.05) is 23.5 Å². The highest BCUT2D eigenvalue weighted by molar-refractivity contribution is 7.22. The monoisotopic (exact) mass is 397 g/mol. The second kappa shape index (κ2) is 7.52. The topological polar surface area (TPSA) is 83.4 Å². The van der Waals surface area contributed by atoms with Gasteiger partial charge < -0.3 is 20.1 Å². The number of hydrogen-bond acceptors (Lipinski definition) is 8. The minimum absolute atomic E-state index is 0.137. The molecule has 1 saturated heterocycles. The highest BCUT2D eigenvalue weighted by atomic mass is 32.1. The summed E-state index contributed by atoms with van der Waals surface area (Å²) in [5.41, 5.74) is 1.04. The van der Waals surface area contributed by atoms with Gasteiger partial charge in [0.15, 0.2) is 10.9 Å². The first kappa shape index (κ1) is 17.6. The molecule has 0 bridgehead atoms. The standard InChI is InChI=1S/C20H23N5O2S/c26-14-5-9-25(10-6-14)18-19(22-8-7-21-18)27-15-11-13(12-15)23-20-24-16-3-1-2-4-17(16)28-20/h1-4,7-8,13-15,26H,5-6,9-12H2,(H,23,24)/t13-,15+. The molecule has 8 heteroatoms. The van der Waals surface area contributed by atoms with E-state index >= 15 is 0 Å². The molecule has 2 fully saturated rings. The van der Waals surface area contributed by atoms with Crippen molar-refractivity contribution in [1.82, 2.24) is 15.0 Å². The lowest BCUT2D eigenvalue weighted by molar-refractivity contribution is 0.102. The Hall–Kier alpha value is -2.45. The molecule has 5 rings (SSSR count). The van der Waals surface area contributed by atoms with Gasteiger partial charge in [0.2, 0.25) is 0 Å². The molecular weight excluding hydrogens is 374 g/mol. The van der Waals surface area contributed by atoms with Gasteiger partial charge in [0.05, 0.1) is 16.3 Å². The van der Waals surface area contributed by atoms with Crippen molar-refractivity contribution in [2.75, 3.05) is 23.3 Å². The number of benzene rings is 1. The second-order valence-corrected chi connectivity index (χ2v) is 8.47. The summed E-state index contributed by atoms with van der Waals surface area (Å²) in [6.07, 6.45) is 6.66. The first-order valence-electron chi connectivity index (χ1n) is 9.77. The summed E-state index contributed by atoms with van der Waals surface area (Å²) in [4.78, 5) is 15.7. The molecule has 2 N–H and O–H groups in total. The van der Waals surface area contributed by atoms with Crippen LogP contribution in [0.25, 0.3) is 10.2 Å². The van der Waals surface area contributed by atoms with Crippen LogP contribution in [-0.4, -0.2) is 51.4 Å². The number of anilines is 2. The third-order valence-corrected chi connectivity index (χ3v) is 6.37. The van der Waals surface area contributed by atoms with Crippen LogP contribution in [0.5, 0.6) is 5.88 Å². The SMILES string of the molecule is OC1CCN(c2nccnc2O[C@H]2C[C@@H](Nc3nc4ccccc4s3)C2)CC1. The summed E-state index contributed by atoms with van der Waals surface area (Å²) in [5.74, 6) is 1.39. The maximum atomic E-state index is 9.73. The maximum absolute atomic E-state index is 9.73.